The van der Waals surface area contributed by atoms with Gasteiger partial charge in [-0.2, -0.15) is 5.21 Å². The van der Waals surface area contributed by atoms with Crippen molar-refractivity contribution in [3.05, 3.63) is 41.2 Å². The minimum absolute atomic E-state index is 0.0821. The van der Waals surface area contributed by atoms with Crippen molar-refractivity contribution in [2.24, 2.45) is 22.2 Å². The molecule has 2 fully saturated rings. The number of aromatic nitrogens is 4. The number of amidine groups is 1. The molecule has 1 saturated carbocycles. The molecule has 2 N–H and O–H groups in total. The topological polar surface area (TPSA) is 119 Å². The lowest BCUT2D eigenvalue weighted by Gasteiger charge is -2.47. The van der Waals surface area contributed by atoms with E-state index in [0.717, 1.165) is 63.5 Å². The average molecular weight is 591 g/mol. The van der Waals surface area contributed by atoms with Gasteiger partial charge in [0.2, 0.25) is 0 Å². The highest BCUT2D eigenvalue weighted by Gasteiger charge is 2.54. The third-order valence-corrected chi connectivity index (χ3v) is 9.94. The molecule has 43 heavy (non-hydrogen) atoms. The van der Waals surface area contributed by atoms with Crippen molar-refractivity contribution in [2.75, 3.05) is 6.54 Å². The highest BCUT2D eigenvalue weighted by atomic mass is 16.2. The summed E-state index contributed by atoms with van der Waals surface area (Å²) in [5.41, 5.74) is 1.33. The molecule has 3 heterocycles. The summed E-state index contributed by atoms with van der Waals surface area (Å²) < 4.78 is 0. The van der Waals surface area contributed by atoms with Crippen molar-refractivity contribution in [2.45, 2.75) is 124 Å². The van der Waals surface area contributed by atoms with Gasteiger partial charge >= 0.3 is 0 Å². The van der Waals surface area contributed by atoms with Crippen LogP contribution in [0.5, 0.6) is 0 Å². The number of nitrogens with zero attached hydrogens (tertiary/aromatic N) is 6. The fraction of sp³-hybridized carbons (Fsp3) is 0.697. The Kier molecular flexibility index (Phi) is 9.23. The Balaban J connectivity index is 1.45. The molecular formula is C33H50N8O2. The van der Waals surface area contributed by atoms with E-state index in [1.807, 2.05) is 24.3 Å². The van der Waals surface area contributed by atoms with Crippen molar-refractivity contribution in [3.8, 4) is 0 Å². The average Bonchev–Trinajstić information content (AvgIpc) is 3.59. The van der Waals surface area contributed by atoms with Gasteiger partial charge in [0.05, 0.1) is 12.6 Å². The minimum atomic E-state index is -0.520. The first-order valence-corrected chi connectivity index (χ1v) is 16.3. The van der Waals surface area contributed by atoms with E-state index in [9.17, 15) is 9.59 Å². The Bertz CT molecular complexity index is 1270. The zero-order valence-electron chi connectivity index (χ0n) is 26.9. The Morgan fingerprint density at radius 1 is 1.09 bits per heavy atom. The van der Waals surface area contributed by atoms with E-state index in [2.05, 4.69) is 77.3 Å². The molecular weight excluding hydrogens is 540 g/mol. The van der Waals surface area contributed by atoms with Crippen LogP contribution in [0.2, 0.25) is 0 Å². The third kappa shape index (κ3) is 6.78. The van der Waals surface area contributed by atoms with Gasteiger partial charge in [0.15, 0.2) is 11.7 Å². The van der Waals surface area contributed by atoms with Gasteiger partial charge < -0.3 is 15.1 Å². The smallest absolute Gasteiger partial charge is 0.291 e. The Morgan fingerprint density at radius 3 is 2.42 bits per heavy atom. The summed E-state index contributed by atoms with van der Waals surface area (Å²) in [5.74, 6) is 2.10. The summed E-state index contributed by atoms with van der Waals surface area (Å²) >= 11 is 0. The number of likely N-dealkylation sites (tertiary alicyclic amines) is 1. The van der Waals surface area contributed by atoms with Gasteiger partial charge in [-0.15, -0.1) is 10.2 Å². The number of aliphatic imine (C=N–C) groups is 1. The predicted octanol–water partition coefficient (Wildman–Crippen LogP) is 5.65. The largest absolute Gasteiger partial charge is 0.350 e. The fourth-order valence-corrected chi connectivity index (χ4v) is 7.24. The highest BCUT2D eigenvalue weighted by Crippen LogP contribution is 2.50. The number of benzene rings is 1. The first kappa shape index (κ1) is 31.1. The number of hydrogen-bond acceptors (Lipinski definition) is 7. The number of rotatable bonds is 8. The van der Waals surface area contributed by atoms with Gasteiger partial charge in [-0.05, 0) is 99.7 Å². The fourth-order valence-electron chi connectivity index (χ4n) is 7.24. The molecule has 0 radical (unpaired) electrons. The molecule has 3 aliphatic rings. The first-order chi connectivity index (χ1) is 20.5. The predicted molar refractivity (Wildman–Crippen MR) is 167 cm³/mol. The van der Waals surface area contributed by atoms with E-state index in [-0.39, 0.29) is 29.8 Å². The monoisotopic (exact) mass is 590 g/mol. The summed E-state index contributed by atoms with van der Waals surface area (Å²) in [6, 6.07) is 7.98. The molecule has 1 spiro atoms. The number of piperidine rings is 1. The van der Waals surface area contributed by atoms with Crippen molar-refractivity contribution in [3.63, 3.8) is 0 Å². The van der Waals surface area contributed by atoms with Crippen molar-refractivity contribution in [1.82, 2.24) is 35.7 Å². The molecule has 2 atom stereocenters. The Labute approximate surface area is 256 Å². The third-order valence-electron chi connectivity index (χ3n) is 9.94. The molecule has 2 aromatic rings. The molecule has 5 rings (SSSR count). The van der Waals surface area contributed by atoms with E-state index >= 15 is 0 Å². The number of amides is 2. The van der Waals surface area contributed by atoms with Crippen LogP contribution in [0, 0.1) is 17.3 Å². The Morgan fingerprint density at radius 2 is 1.81 bits per heavy atom. The number of carbonyl (C=O) groups excluding carboxylic acids is 2. The maximum atomic E-state index is 14.6. The van der Waals surface area contributed by atoms with Crippen molar-refractivity contribution in [1.29, 1.82) is 0 Å². The van der Waals surface area contributed by atoms with Gasteiger partial charge in [0, 0.05) is 18.2 Å². The SMILES string of the molecule is CC(C)CC[C@H](c1ccc(C(=O)NCc2nn[nH]n2)cc1)N1C(=O)C(N2CCCCC2C)=NC12CCC(C(C)(C)C)CC2. The molecule has 1 aromatic carbocycles. The van der Waals surface area contributed by atoms with Gasteiger partial charge in [-0.3, -0.25) is 9.59 Å². The van der Waals surface area contributed by atoms with E-state index in [1.165, 1.54) is 6.42 Å². The number of tetrazole rings is 1. The van der Waals surface area contributed by atoms with Gasteiger partial charge in [0.25, 0.3) is 11.8 Å². The van der Waals surface area contributed by atoms with Gasteiger partial charge in [-0.1, -0.05) is 52.0 Å². The van der Waals surface area contributed by atoms with Crippen LogP contribution in [0.15, 0.2) is 29.3 Å². The van der Waals surface area contributed by atoms with Crippen LogP contribution in [0.3, 0.4) is 0 Å². The standard InChI is InChI=1S/C33H50N8O2/c1-22(2)10-15-27(24-11-13-25(14-12-24)30(42)34-21-28-36-38-39-37-28)41-31(43)29(40-20-8-7-9-23(40)3)35-33(41)18-16-26(17-19-33)32(4,5)6/h11-14,22-23,26-27H,7-10,15-21H2,1-6H3,(H,34,42)(H,36,37,38,39)/t23?,26?,27-,33?/m1/s1. The van der Waals surface area contributed by atoms with Crippen LogP contribution >= 0.6 is 0 Å². The molecule has 2 amide bonds. The van der Waals surface area contributed by atoms with Crippen LogP contribution in [0.4, 0.5) is 0 Å². The number of carbonyl (C=O) groups is 2. The number of aromatic amines is 1. The van der Waals surface area contributed by atoms with E-state index in [0.29, 0.717) is 35.1 Å². The second-order valence-corrected chi connectivity index (χ2v) is 14.4. The maximum absolute atomic E-state index is 14.6. The summed E-state index contributed by atoms with van der Waals surface area (Å²) in [7, 11) is 0. The lowest BCUT2D eigenvalue weighted by atomic mass is 9.69. The van der Waals surface area contributed by atoms with Crippen molar-refractivity contribution < 1.29 is 9.59 Å². The second kappa shape index (κ2) is 12.7. The molecule has 234 valence electrons. The molecule has 1 aliphatic carbocycles. The zero-order valence-corrected chi connectivity index (χ0v) is 26.9. The van der Waals surface area contributed by atoms with E-state index in [1.54, 1.807) is 0 Å². The highest BCUT2D eigenvalue weighted by molar-refractivity contribution is 6.39. The molecule has 10 nitrogen and oxygen atoms in total. The molecule has 2 aliphatic heterocycles. The number of hydrogen-bond donors (Lipinski definition) is 2. The molecule has 10 heteroatoms. The van der Waals surface area contributed by atoms with Crippen LogP contribution < -0.4 is 5.32 Å². The summed E-state index contributed by atoms with van der Waals surface area (Å²) in [6.07, 6.45) is 9.16. The van der Waals surface area contributed by atoms with Gasteiger partial charge in [-0.25, -0.2) is 4.99 Å². The molecule has 1 aromatic heterocycles. The summed E-state index contributed by atoms with van der Waals surface area (Å²) in [6.45, 7) is 14.8. The lowest BCUT2D eigenvalue weighted by Crippen LogP contribution is -2.53. The molecule has 1 saturated heterocycles. The summed E-state index contributed by atoms with van der Waals surface area (Å²) in [5, 5.41) is 16.6. The van der Waals surface area contributed by atoms with E-state index < -0.39 is 5.66 Å². The number of H-pyrrole nitrogens is 1. The lowest BCUT2D eigenvalue weighted by molar-refractivity contribution is -0.134. The quantitative estimate of drug-likeness (QED) is 0.410. The maximum Gasteiger partial charge on any atom is 0.291 e. The summed E-state index contributed by atoms with van der Waals surface area (Å²) in [4.78, 5) is 37.4. The first-order valence-electron chi connectivity index (χ1n) is 16.3. The van der Waals surface area contributed by atoms with E-state index in [4.69, 9.17) is 4.99 Å². The zero-order chi connectivity index (χ0) is 30.8. The van der Waals surface area contributed by atoms with Gasteiger partial charge in [0.1, 0.15) is 5.66 Å². The van der Waals surface area contributed by atoms with Crippen LogP contribution in [0.1, 0.15) is 127 Å². The number of nitrogens with one attached hydrogen (secondary N) is 2. The normalized spacial score (nSPS) is 25.4. The second-order valence-electron chi connectivity index (χ2n) is 14.4. The van der Waals surface area contributed by atoms with Crippen LogP contribution in [0.25, 0.3) is 0 Å². The van der Waals surface area contributed by atoms with Crippen molar-refractivity contribution >= 4 is 17.6 Å². The molecule has 0 bridgehead atoms. The van der Waals surface area contributed by atoms with Crippen LogP contribution in [-0.2, 0) is 11.3 Å². The minimum Gasteiger partial charge on any atom is -0.350 e. The van der Waals surface area contributed by atoms with Crippen LogP contribution in [-0.4, -0.2) is 66.3 Å². The molecule has 1 unspecified atom stereocenters. The Hall–Kier alpha value is -3.30.